The molecular formula is C16H19ClN4O4S. The fourth-order valence-electron chi connectivity index (χ4n) is 3.88. The first kappa shape index (κ1) is 17.7. The van der Waals surface area contributed by atoms with Gasteiger partial charge >= 0.3 is 6.09 Å². The molecule has 2 aromatic rings. The Kier molecular flexibility index (Phi) is 4.42. The number of thiophene rings is 1. The highest BCUT2D eigenvalue weighted by Crippen LogP contribution is 2.53. The molecule has 1 fully saturated rings. The molecule has 1 amide bonds. The lowest BCUT2D eigenvalue weighted by atomic mass is 9.80. The first-order chi connectivity index (χ1) is 12.4. The van der Waals surface area contributed by atoms with E-state index in [9.17, 15) is 9.90 Å². The van der Waals surface area contributed by atoms with E-state index in [0.29, 0.717) is 36.0 Å². The summed E-state index contributed by atoms with van der Waals surface area (Å²) >= 11 is 7.77. The number of carboxylic acid groups (broad SMARTS) is 1. The van der Waals surface area contributed by atoms with Crippen LogP contribution in [0.3, 0.4) is 0 Å². The van der Waals surface area contributed by atoms with Gasteiger partial charge in [-0.15, -0.1) is 16.4 Å². The molecule has 0 radical (unpaired) electrons. The third-order valence-electron chi connectivity index (χ3n) is 5.15. The number of rotatable bonds is 2. The van der Waals surface area contributed by atoms with Crippen LogP contribution in [0.25, 0.3) is 0 Å². The fourth-order valence-corrected chi connectivity index (χ4v) is 5.35. The van der Waals surface area contributed by atoms with Crippen LogP contribution >= 0.6 is 22.9 Å². The lowest BCUT2D eigenvalue weighted by Crippen LogP contribution is -2.49. The number of nitrogens with zero attached hydrogens (tertiary/aromatic N) is 4. The maximum atomic E-state index is 11.8. The van der Waals surface area contributed by atoms with Crippen molar-refractivity contribution in [2.75, 3.05) is 20.3 Å². The van der Waals surface area contributed by atoms with Crippen molar-refractivity contribution in [3.8, 4) is 0 Å². The van der Waals surface area contributed by atoms with Gasteiger partial charge in [-0.05, 0) is 12.5 Å². The van der Waals surface area contributed by atoms with Crippen LogP contribution in [0, 0.1) is 0 Å². The number of likely N-dealkylation sites (tertiary alicyclic amines) is 1. The van der Waals surface area contributed by atoms with Gasteiger partial charge in [0.25, 0.3) is 0 Å². The number of carbonyl (C=O) groups is 1. The van der Waals surface area contributed by atoms with Gasteiger partial charge in [0.05, 0.1) is 23.2 Å². The highest BCUT2D eigenvalue weighted by molar-refractivity contribution is 7.16. The number of aromatic nitrogens is 3. The molecule has 3 atom stereocenters. The molecule has 26 heavy (non-hydrogen) atoms. The van der Waals surface area contributed by atoms with Crippen molar-refractivity contribution < 1.29 is 19.4 Å². The van der Waals surface area contributed by atoms with Crippen molar-refractivity contribution in [3.63, 3.8) is 0 Å². The summed E-state index contributed by atoms with van der Waals surface area (Å²) in [4.78, 5) is 14.2. The zero-order valence-corrected chi connectivity index (χ0v) is 16.0. The van der Waals surface area contributed by atoms with Crippen molar-refractivity contribution in [2.45, 2.75) is 30.6 Å². The second kappa shape index (κ2) is 6.49. The Morgan fingerprint density at radius 3 is 3.04 bits per heavy atom. The van der Waals surface area contributed by atoms with Gasteiger partial charge in [0.15, 0.2) is 0 Å². The zero-order chi connectivity index (χ0) is 18.5. The third-order valence-corrected chi connectivity index (χ3v) is 6.62. The van der Waals surface area contributed by atoms with Crippen molar-refractivity contribution >= 4 is 29.0 Å². The van der Waals surface area contributed by atoms with E-state index in [1.807, 2.05) is 6.07 Å². The summed E-state index contributed by atoms with van der Waals surface area (Å²) < 4.78 is 14.1. The molecule has 1 spiro atoms. The Bertz CT molecular complexity index is 840. The van der Waals surface area contributed by atoms with Gasteiger partial charge < -0.3 is 14.6 Å². The van der Waals surface area contributed by atoms with Gasteiger partial charge in [-0.2, -0.15) is 0 Å². The maximum Gasteiger partial charge on any atom is 0.407 e. The second-order valence-corrected chi connectivity index (χ2v) is 8.31. The highest BCUT2D eigenvalue weighted by Gasteiger charge is 2.50. The summed E-state index contributed by atoms with van der Waals surface area (Å²) in [5.74, 6) is 0. The van der Waals surface area contributed by atoms with Gasteiger partial charge in [0.2, 0.25) is 0 Å². The molecule has 2 aliphatic heterocycles. The summed E-state index contributed by atoms with van der Waals surface area (Å²) in [5, 5.41) is 17.7. The van der Waals surface area contributed by atoms with Crippen LogP contribution in [0.4, 0.5) is 4.79 Å². The predicted octanol–water partition coefficient (Wildman–Crippen LogP) is 2.96. The van der Waals surface area contributed by atoms with Crippen LogP contribution in [0.2, 0.25) is 4.34 Å². The Morgan fingerprint density at radius 1 is 1.58 bits per heavy atom. The van der Waals surface area contributed by atoms with E-state index in [2.05, 4.69) is 10.3 Å². The predicted molar refractivity (Wildman–Crippen MR) is 94.4 cm³/mol. The summed E-state index contributed by atoms with van der Waals surface area (Å²) in [6, 6.07) is 1.50. The molecule has 3 unspecified atom stereocenters. The number of methoxy groups -OCH3 is 1. The lowest BCUT2D eigenvalue weighted by Gasteiger charge is -2.47. The largest absolute Gasteiger partial charge is 0.465 e. The van der Waals surface area contributed by atoms with Crippen LogP contribution in [0.5, 0.6) is 0 Å². The molecule has 0 aromatic carbocycles. The van der Waals surface area contributed by atoms with Gasteiger partial charge in [-0.1, -0.05) is 16.8 Å². The zero-order valence-electron chi connectivity index (χ0n) is 14.4. The van der Waals surface area contributed by atoms with Crippen LogP contribution in [0.1, 0.15) is 41.1 Å². The number of amides is 1. The first-order valence-electron chi connectivity index (χ1n) is 8.26. The maximum absolute atomic E-state index is 11.8. The Hall–Kier alpha value is -1.68. The minimum Gasteiger partial charge on any atom is -0.465 e. The van der Waals surface area contributed by atoms with Gasteiger partial charge in [0.1, 0.15) is 17.4 Å². The monoisotopic (exact) mass is 398 g/mol. The molecule has 8 nitrogen and oxygen atoms in total. The number of ether oxygens (including phenoxy) is 2. The fraction of sp³-hybridized carbons (Fsp3) is 0.562. The van der Waals surface area contributed by atoms with E-state index in [1.54, 1.807) is 25.0 Å². The molecule has 0 saturated carbocycles. The number of hydrogen-bond donors (Lipinski definition) is 1. The molecule has 1 N–H and O–H groups in total. The van der Waals surface area contributed by atoms with E-state index >= 15 is 0 Å². The first-order valence-corrected chi connectivity index (χ1v) is 9.45. The topological polar surface area (TPSA) is 89.7 Å². The van der Waals surface area contributed by atoms with Crippen LogP contribution in [0.15, 0.2) is 12.3 Å². The van der Waals surface area contributed by atoms with Crippen LogP contribution in [-0.4, -0.2) is 51.4 Å². The SMILES string of the molecule is COC1COC2(CCN(C(=O)O)C(c3cn(C)nn3)C2)c2sc(Cl)cc21. The summed E-state index contributed by atoms with van der Waals surface area (Å²) in [7, 11) is 3.41. The molecule has 0 bridgehead atoms. The second-order valence-electron chi connectivity index (χ2n) is 6.63. The average Bonchev–Trinajstić information content (AvgIpc) is 3.21. The van der Waals surface area contributed by atoms with E-state index in [4.69, 9.17) is 21.1 Å². The average molecular weight is 399 g/mol. The van der Waals surface area contributed by atoms with E-state index in [1.165, 1.54) is 16.2 Å². The molecule has 0 aliphatic carbocycles. The molecular weight excluding hydrogens is 380 g/mol. The standard InChI is InChI=1S/C16H19ClN4O4S/c1-20-7-10(18-19-20)11-6-16(3-4-21(11)15(22)23)14-9(5-13(17)26-14)12(24-2)8-25-16/h5,7,11-12H,3-4,6,8H2,1-2H3,(H,22,23). The van der Waals surface area contributed by atoms with Crippen LogP contribution in [-0.2, 0) is 22.1 Å². The summed E-state index contributed by atoms with van der Waals surface area (Å²) in [6.45, 7) is 0.764. The number of halogens is 1. The molecule has 1 saturated heterocycles. The lowest BCUT2D eigenvalue weighted by molar-refractivity contribution is -0.143. The molecule has 2 aliphatic rings. The van der Waals surface area contributed by atoms with E-state index in [0.717, 1.165) is 10.4 Å². The quantitative estimate of drug-likeness (QED) is 0.836. The molecule has 10 heteroatoms. The minimum atomic E-state index is -0.967. The molecule has 2 aromatic heterocycles. The Morgan fingerprint density at radius 2 is 2.38 bits per heavy atom. The van der Waals surface area contributed by atoms with Gasteiger partial charge in [0, 0.05) is 37.6 Å². The van der Waals surface area contributed by atoms with E-state index < -0.39 is 17.7 Å². The number of aryl methyl sites for hydroxylation is 1. The summed E-state index contributed by atoms with van der Waals surface area (Å²) in [5.41, 5.74) is 1.07. The third kappa shape index (κ3) is 2.79. The van der Waals surface area contributed by atoms with Crippen molar-refractivity contribution in [1.82, 2.24) is 19.9 Å². The van der Waals surface area contributed by atoms with E-state index in [-0.39, 0.29) is 6.10 Å². The molecule has 4 heterocycles. The molecule has 4 rings (SSSR count). The van der Waals surface area contributed by atoms with Crippen molar-refractivity contribution in [1.29, 1.82) is 0 Å². The van der Waals surface area contributed by atoms with Crippen molar-refractivity contribution in [3.05, 3.63) is 32.7 Å². The number of hydrogen-bond acceptors (Lipinski definition) is 6. The molecule has 140 valence electrons. The smallest absolute Gasteiger partial charge is 0.407 e. The normalized spacial score (nSPS) is 28.3. The summed E-state index contributed by atoms with van der Waals surface area (Å²) in [6.07, 6.45) is 1.66. The Balaban J connectivity index is 1.75. The Labute approximate surface area is 159 Å². The van der Waals surface area contributed by atoms with Gasteiger partial charge in [-0.3, -0.25) is 9.58 Å². The minimum absolute atomic E-state index is 0.160. The van der Waals surface area contributed by atoms with Gasteiger partial charge in [-0.25, -0.2) is 4.79 Å². The highest BCUT2D eigenvalue weighted by atomic mass is 35.5. The number of fused-ring (bicyclic) bond motifs is 2. The van der Waals surface area contributed by atoms with Crippen LogP contribution < -0.4 is 0 Å². The van der Waals surface area contributed by atoms with Crippen molar-refractivity contribution in [2.24, 2.45) is 7.05 Å². The number of piperidine rings is 1.